The molecule has 1 aromatic carbocycles. The molecule has 0 spiro atoms. The summed E-state index contributed by atoms with van der Waals surface area (Å²) in [5.41, 5.74) is 0.174. The highest BCUT2D eigenvalue weighted by molar-refractivity contribution is 5.19. The number of nitrogens with zero attached hydrogens (tertiary/aromatic N) is 1. The lowest BCUT2D eigenvalue weighted by Crippen LogP contribution is -2.27. The third kappa shape index (κ3) is 2.42. The van der Waals surface area contributed by atoms with E-state index in [2.05, 4.69) is 6.08 Å². The Morgan fingerprint density at radius 2 is 1.87 bits per heavy atom. The van der Waals surface area contributed by atoms with Gasteiger partial charge < -0.3 is 0 Å². The van der Waals surface area contributed by atoms with Crippen molar-refractivity contribution in [3.05, 3.63) is 47.5 Å². The van der Waals surface area contributed by atoms with Gasteiger partial charge in [-0.15, -0.1) is 0 Å². The summed E-state index contributed by atoms with van der Waals surface area (Å²) < 4.78 is 26.6. The maximum Gasteiger partial charge on any atom is 0.130 e. The van der Waals surface area contributed by atoms with E-state index >= 15 is 0 Å². The van der Waals surface area contributed by atoms with E-state index in [1.54, 1.807) is 0 Å². The van der Waals surface area contributed by atoms with E-state index < -0.39 is 11.6 Å². The second kappa shape index (κ2) is 4.53. The molecule has 0 aromatic heterocycles. The van der Waals surface area contributed by atoms with E-state index in [9.17, 15) is 8.78 Å². The van der Waals surface area contributed by atoms with Crippen molar-refractivity contribution in [1.82, 2.24) is 4.90 Å². The van der Waals surface area contributed by atoms with Gasteiger partial charge in [0.05, 0.1) is 0 Å². The van der Waals surface area contributed by atoms with Gasteiger partial charge in [-0.1, -0.05) is 18.2 Å². The quantitative estimate of drug-likeness (QED) is 0.677. The average Bonchev–Trinajstić information content (AvgIpc) is 2.25. The van der Waals surface area contributed by atoms with Crippen LogP contribution in [0.5, 0.6) is 0 Å². The number of rotatable bonds is 2. The van der Waals surface area contributed by atoms with Crippen molar-refractivity contribution in [2.24, 2.45) is 0 Å². The first-order chi connectivity index (χ1) is 7.27. The summed E-state index contributed by atoms with van der Waals surface area (Å²) in [4.78, 5) is 2.03. The largest absolute Gasteiger partial charge is 0.295 e. The zero-order valence-electron chi connectivity index (χ0n) is 8.42. The Kier molecular flexibility index (Phi) is 3.11. The Morgan fingerprint density at radius 1 is 1.13 bits per heavy atom. The normalized spacial score (nSPS) is 16.9. The van der Waals surface area contributed by atoms with Gasteiger partial charge in [-0.2, -0.15) is 0 Å². The standard InChI is InChI=1S/C12H13F2N/c13-11-5-4-6-12(14)10(11)9-15-7-2-1-3-8-15/h1-2,4-6H,3,7-9H2. The molecule has 0 N–H and O–H groups in total. The molecule has 15 heavy (non-hydrogen) atoms. The second-order valence-electron chi connectivity index (χ2n) is 3.70. The van der Waals surface area contributed by atoms with Crippen LogP contribution in [0.4, 0.5) is 8.78 Å². The van der Waals surface area contributed by atoms with Crippen LogP contribution in [-0.4, -0.2) is 18.0 Å². The summed E-state index contributed by atoms with van der Waals surface area (Å²) in [5, 5.41) is 0. The SMILES string of the molecule is Fc1cccc(F)c1CN1CC=CCC1. The van der Waals surface area contributed by atoms with E-state index in [0.717, 1.165) is 19.5 Å². The van der Waals surface area contributed by atoms with Gasteiger partial charge in [-0.25, -0.2) is 8.78 Å². The summed E-state index contributed by atoms with van der Waals surface area (Å²) in [6.45, 7) is 1.99. The van der Waals surface area contributed by atoms with Gasteiger partial charge in [0.25, 0.3) is 0 Å². The van der Waals surface area contributed by atoms with E-state index in [1.165, 1.54) is 18.2 Å². The van der Waals surface area contributed by atoms with Crippen molar-refractivity contribution in [2.45, 2.75) is 13.0 Å². The van der Waals surface area contributed by atoms with Crippen molar-refractivity contribution in [2.75, 3.05) is 13.1 Å². The lowest BCUT2D eigenvalue weighted by atomic mass is 10.1. The Labute approximate surface area is 88.0 Å². The fourth-order valence-corrected chi connectivity index (χ4v) is 1.74. The third-order valence-corrected chi connectivity index (χ3v) is 2.59. The minimum absolute atomic E-state index is 0.174. The molecule has 0 unspecified atom stereocenters. The molecule has 2 rings (SSSR count). The molecule has 1 nitrogen and oxygen atoms in total. The smallest absolute Gasteiger partial charge is 0.130 e. The van der Waals surface area contributed by atoms with Gasteiger partial charge in [-0.3, -0.25) is 4.90 Å². The lowest BCUT2D eigenvalue weighted by Gasteiger charge is -2.23. The molecule has 0 atom stereocenters. The third-order valence-electron chi connectivity index (χ3n) is 2.59. The minimum atomic E-state index is -0.454. The van der Waals surface area contributed by atoms with Gasteiger partial charge in [0.1, 0.15) is 11.6 Å². The van der Waals surface area contributed by atoms with E-state index in [4.69, 9.17) is 0 Å². The molecule has 3 heteroatoms. The Hall–Kier alpha value is -1.22. The zero-order chi connectivity index (χ0) is 10.7. The minimum Gasteiger partial charge on any atom is -0.295 e. The monoisotopic (exact) mass is 209 g/mol. The fourth-order valence-electron chi connectivity index (χ4n) is 1.74. The van der Waals surface area contributed by atoms with Crippen LogP contribution < -0.4 is 0 Å². The van der Waals surface area contributed by atoms with Crippen LogP contribution in [0.2, 0.25) is 0 Å². The molecule has 0 saturated carbocycles. The molecule has 0 bridgehead atoms. The number of hydrogen-bond acceptors (Lipinski definition) is 1. The first kappa shape index (κ1) is 10.3. The molecule has 1 aliphatic rings. The number of hydrogen-bond donors (Lipinski definition) is 0. The van der Waals surface area contributed by atoms with Gasteiger partial charge in [0, 0.05) is 25.2 Å². The average molecular weight is 209 g/mol. The highest BCUT2D eigenvalue weighted by Gasteiger charge is 2.13. The summed E-state index contributed by atoms with van der Waals surface area (Å²) in [5.74, 6) is -0.908. The molecular weight excluding hydrogens is 196 g/mol. The van der Waals surface area contributed by atoms with Crippen LogP contribution in [0.1, 0.15) is 12.0 Å². The van der Waals surface area contributed by atoms with Crippen LogP contribution in [0, 0.1) is 11.6 Å². The summed E-state index contributed by atoms with van der Waals surface area (Å²) in [6, 6.07) is 4.00. The van der Waals surface area contributed by atoms with Crippen LogP contribution in [-0.2, 0) is 6.54 Å². The van der Waals surface area contributed by atoms with E-state index in [-0.39, 0.29) is 5.56 Å². The topological polar surface area (TPSA) is 3.24 Å². The summed E-state index contributed by atoms with van der Waals surface area (Å²) >= 11 is 0. The van der Waals surface area contributed by atoms with Gasteiger partial charge in [0.2, 0.25) is 0 Å². The molecule has 1 aliphatic heterocycles. The Balaban J connectivity index is 2.13. The fraction of sp³-hybridized carbons (Fsp3) is 0.333. The summed E-state index contributed by atoms with van der Waals surface area (Å²) in [7, 11) is 0. The molecule has 1 aromatic rings. The molecule has 0 saturated heterocycles. The van der Waals surface area contributed by atoms with E-state index in [1.807, 2.05) is 11.0 Å². The first-order valence-electron chi connectivity index (χ1n) is 5.07. The number of halogens is 2. The van der Waals surface area contributed by atoms with Crippen LogP contribution >= 0.6 is 0 Å². The predicted octanol–water partition coefficient (Wildman–Crippen LogP) is 2.73. The number of benzene rings is 1. The second-order valence-corrected chi connectivity index (χ2v) is 3.70. The molecule has 0 amide bonds. The van der Waals surface area contributed by atoms with Crippen molar-refractivity contribution in [3.63, 3.8) is 0 Å². The first-order valence-corrected chi connectivity index (χ1v) is 5.07. The highest BCUT2D eigenvalue weighted by atomic mass is 19.1. The van der Waals surface area contributed by atoms with Gasteiger partial charge >= 0.3 is 0 Å². The lowest BCUT2D eigenvalue weighted by molar-refractivity contribution is 0.281. The summed E-state index contributed by atoms with van der Waals surface area (Å²) in [6.07, 6.45) is 5.08. The molecule has 0 fully saturated rings. The van der Waals surface area contributed by atoms with Crippen molar-refractivity contribution >= 4 is 0 Å². The Morgan fingerprint density at radius 3 is 2.47 bits per heavy atom. The molecule has 0 aliphatic carbocycles. The van der Waals surface area contributed by atoms with Crippen molar-refractivity contribution in [3.8, 4) is 0 Å². The highest BCUT2D eigenvalue weighted by Crippen LogP contribution is 2.15. The predicted molar refractivity (Wildman–Crippen MR) is 55.4 cm³/mol. The van der Waals surface area contributed by atoms with Crippen LogP contribution in [0.25, 0.3) is 0 Å². The van der Waals surface area contributed by atoms with Gasteiger partial charge in [0.15, 0.2) is 0 Å². The van der Waals surface area contributed by atoms with Crippen LogP contribution in [0.3, 0.4) is 0 Å². The molecule has 0 radical (unpaired) electrons. The maximum atomic E-state index is 13.3. The van der Waals surface area contributed by atoms with Crippen molar-refractivity contribution in [1.29, 1.82) is 0 Å². The zero-order valence-corrected chi connectivity index (χ0v) is 8.42. The van der Waals surface area contributed by atoms with Crippen LogP contribution in [0.15, 0.2) is 30.4 Å². The molecular formula is C12H13F2N. The van der Waals surface area contributed by atoms with Gasteiger partial charge in [-0.05, 0) is 18.6 Å². The van der Waals surface area contributed by atoms with Crippen molar-refractivity contribution < 1.29 is 8.78 Å². The molecule has 1 heterocycles. The molecule has 80 valence electrons. The Bertz CT molecular complexity index is 354. The maximum absolute atomic E-state index is 13.3. The van der Waals surface area contributed by atoms with E-state index in [0.29, 0.717) is 6.54 Å².